The molecule has 9 heteroatoms. The maximum absolute atomic E-state index is 12.5. The van der Waals surface area contributed by atoms with Crippen molar-refractivity contribution in [1.82, 2.24) is 10.0 Å². The number of rotatable bonds is 10. The van der Waals surface area contributed by atoms with Crippen LogP contribution in [0, 0.1) is 0 Å². The van der Waals surface area contributed by atoms with Crippen LogP contribution in [0.15, 0.2) is 47.4 Å². The summed E-state index contributed by atoms with van der Waals surface area (Å²) in [6.07, 6.45) is -0.188. The van der Waals surface area contributed by atoms with Crippen molar-refractivity contribution in [3.05, 3.63) is 48.0 Å². The SMILES string of the molecule is CNC(=O)[C@@H](C)Oc1ccc(S(=O)(=O)NCCc2ccc(OC)c(OC)c2)cc1. The summed E-state index contributed by atoms with van der Waals surface area (Å²) >= 11 is 0. The zero-order valence-corrected chi connectivity index (χ0v) is 17.7. The standard InChI is InChI=1S/C20H26N2O6S/c1-14(20(23)21-2)28-16-6-8-17(9-7-16)29(24,25)22-12-11-15-5-10-18(26-3)19(13-15)27-4/h5-10,13-14,22H,11-12H2,1-4H3,(H,21,23)/t14-/m1/s1. The molecule has 0 saturated heterocycles. The summed E-state index contributed by atoms with van der Waals surface area (Å²) in [6, 6.07) is 11.4. The Morgan fingerprint density at radius 3 is 2.28 bits per heavy atom. The van der Waals surface area contributed by atoms with Crippen molar-refractivity contribution in [3.8, 4) is 17.2 Å². The minimum Gasteiger partial charge on any atom is -0.493 e. The Kier molecular flexibility index (Phi) is 7.86. The predicted octanol–water partition coefficient (Wildman–Crippen LogP) is 1.74. The third kappa shape index (κ3) is 6.10. The monoisotopic (exact) mass is 422 g/mol. The summed E-state index contributed by atoms with van der Waals surface area (Å²) in [4.78, 5) is 11.6. The Bertz CT molecular complexity index is 928. The molecule has 0 fully saturated rings. The number of carbonyl (C=O) groups excluding carboxylic acids is 1. The first-order chi connectivity index (χ1) is 13.8. The molecule has 2 rings (SSSR count). The third-order valence-corrected chi connectivity index (χ3v) is 5.69. The second-order valence-electron chi connectivity index (χ2n) is 6.18. The van der Waals surface area contributed by atoms with Gasteiger partial charge in [0.25, 0.3) is 5.91 Å². The van der Waals surface area contributed by atoms with Crippen LogP contribution in [0.1, 0.15) is 12.5 Å². The summed E-state index contributed by atoms with van der Waals surface area (Å²) in [5.41, 5.74) is 0.914. The lowest BCUT2D eigenvalue weighted by molar-refractivity contribution is -0.126. The molecule has 1 atom stereocenters. The number of amides is 1. The van der Waals surface area contributed by atoms with Gasteiger partial charge < -0.3 is 19.5 Å². The molecule has 0 spiro atoms. The van der Waals surface area contributed by atoms with Gasteiger partial charge in [-0.15, -0.1) is 0 Å². The molecule has 2 aromatic carbocycles. The zero-order valence-electron chi connectivity index (χ0n) is 16.9. The molecule has 0 radical (unpaired) electrons. The second-order valence-corrected chi connectivity index (χ2v) is 7.95. The lowest BCUT2D eigenvalue weighted by Gasteiger charge is -2.13. The number of methoxy groups -OCH3 is 2. The zero-order chi connectivity index (χ0) is 21.4. The molecule has 0 heterocycles. The molecule has 2 aromatic rings. The van der Waals surface area contributed by atoms with E-state index in [0.717, 1.165) is 5.56 Å². The number of hydrogen-bond acceptors (Lipinski definition) is 6. The summed E-state index contributed by atoms with van der Waals surface area (Å²) in [6.45, 7) is 1.84. The van der Waals surface area contributed by atoms with E-state index < -0.39 is 16.1 Å². The van der Waals surface area contributed by atoms with Gasteiger partial charge >= 0.3 is 0 Å². The van der Waals surface area contributed by atoms with Crippen LogP contribution in [0.25, 0.3) is 0 Å². The van der Waals surface area contributed by atoms with Gasteiger partial charge in [-0.3, -0.25) is 4.79 Å². The third-order valence-electron chi connectivity index (χ3n) is 4.22. The van der Waals surface area contributed by atoms with Crippen molar-refractivity contribution in [2.24, 2.45) is 0 Å². The first kappa shape index (κ1) is 22.5. The van der Waals surface area contributed by atoms with Crippen LogP contribution in [0.4, 0.5) is 0 Å². The Morgan fingerprint density at radius 1 is 1.03 bits per heavy atom. The van der Waals surface area contributed by atoms with Gasteiger partial charge in [-0.25, -0.2) is 13.1 Å². The van der Waals surface area contributed by atoms with Crippen LogP contribution in [0.2, 0.25) is 0 Å². The summed E-state index contributed by atoms with van der Waals surface area (Å²) in [5, 5.41) is 2.49. The first-order valence-electron chi connectivity index (χ1n) is 8.99. The smallest absolute Gasteiger partial charge is 0.260 e. The Hall–Kier alpha value is -2.78. The molecule has 0 unspecified atom stereocenters. The lowest BCUT2D eigenvalue weighted by atomic mass is 10.1. The average Bonchev–Trinajstić information content (AvgIpc) is 2.73. The van der Waals surface area contributed by atoms with E-state index in [4.69, 9.17) is 14.2 Å². The van der Waals surface area contributed by atoms with Crippen molar-refractivity contribution in [3.63, 3.8) is 0 Å². The van der Waals surface area contributed by atoms with Crippen LogP contribution >= 0.6 is 0 Å². The molecule has 0 aromatic heterocycles. The topological polar surface area (TPSA) is 103 Å². The van der Waals surface area contributed by atoms with Crippen LogP contribution in [0.5, 0.6) is 17.2 Å². The van der Waals surface area contributed by atoms with E-state index in [1.165, 1.54) is 31.3 Å². The Labute approximate surface area is 171 Å². The molecule has 0 saturated carbocycles. The molecular formula is C20H26N2O6S. The molecule has 0 bridgehead atoms. The van der Waals surface area contributed by atoms with Gasteiger partial charge in [0.1, 0.15) is 5.75 Å². The number of hydrogen-bond donors (Lipinski definition) is 2. The number of ether oxygens (including phenoxy) is 3. The van der Waals surface area contributed by atoms with Gasteiger partial charge in [-0.2, -0.15) is 0 Å². The van der Waals surface area contributed by atoms with Crippen molar-refractivity contribution >= 4 is 15.9 Å². The van der Waals surface area contributed by atoms with Gasteiger partial charge in [-0.1, -0.05) is 6.07 Å². The van der Waals surface area contributed by atoms with Crippen molar-refractivity contribution in [1.29, 1.82) is 0 Å². The lowest BCUT2D eigenvalue weighted by Crippen LogP contribution is -2.33. The van der Waals surface area contributed by atoms with E-state index in [1.807, 2.05) is 12.1 Å². The van der Waals surface area contributed by atoms with E-state index in [0.29, 0.717) is 23.7 Å². The van der Waals surface area contributed by atoms with Gasteiger partial charge in [0.2, 0.25) is 10.0 Å². The summed E-state index contributed by atoms with van der Waals surface area (Å²) in [5.74, 6) is 1.35. The number of benzene rings is 2. The van der Waals surface area contributed by atoms with Gasteiger partial charge in [0, 0.05) is 13.6 Å². The van der Waals surface area contributed by atoms with E-state index in [1.54, 1.807) is 27.2 Å². The van der Waals surface area contributed by atoms with Crippen LogP contribution in [0.3, 0.4) is 0 Å². The fraction of sp³-hybridized carbons (Fsp3) is 0.350. The highest BCUT2D eigenvalue weighted by atomic mass is 32.2. The first-order valence-corrected chi connectivity index (χ1v) is 10.5. The fourth-order valence-electron chi connectivity index (χ4n) is 2.61. The highest BCUT2D eigenvalue weighted by Gasteiger charge is 2.16. The molecule has 2 N–H and O–H groups in total. The normalized spacial score (nSPS) is 12.1. The van der Waals surface area contributed by atoms with Gasteiger partial charge in [0.05, 0.1) is 19.1 Å². The van der Waals surface area contributed by atoms with E-state index in [2.05, 4.69) is 10.0 Å². The quantitative estimate of drug-likeness (QED) is 0.605. The second kappa shape index (κ2) is 10.1. The molecule has 0 aliphatic rings. The number of likely N-dealkylation sites (N-methyl/N-ethyl adjacent to an activating group) is 1. The largest absolute Gasteiger partial charge is 0.493 e. The number of nitrogens with one attached hydrogen (secondary N) is 2. The molecule has 158 valence electrons. The molecule has 0 aliphatic carbocycles. The Morgan fingerprint density at radius 2 is 1.69 bits per heavy atom. The molecule has 29 heavy (non-hydrogen) atoms. The highest BCUT2D eigenvalue weighted by Crippen LogP contribution is 2.27. The molecular weight excluding hydrogens is 396 g/mol. The molecule has 0 aliphatic heterocycles. The van der Waals surface area contributed by atoms with E-state index in [9.17, 15) is 13.2 Å². The van der Waals surface area contributed by atoms with Crippen LogP contribution in [-0.2, 0) is 21.2 Å². The maximum atomic E-state index is 12.5. The van der Waals surface area contributed by atoms with Crippen LogP contribution in [-0.4, -0.2) is 48.2 Å². The highest BCUT2D eigenvalue weighted by molar-refractivity contribution is 7.89. The van der Waals surface area contributed by atoms with Gasteiger partial charge in [-0.05, 0) is 55.3 Å². The molecule has 1 amide bonds. The summed E-state index contributed by atoms with van der Waals surface area (Å²) < 4.78 is 43.4. The van der Waals surface area contributed by atoms with Crippen molar-refractivity contribution in [2.45, 2.75) is 24.3 Å². The number of carbonyl (C=O) groups is 1. The van der Waals surface area contributed by atoms with E-state index >= 15 is 0 Å². The maximum Gasteiger partial charge on any atom is 0.260 e. The fourth-order valence-corrected chi connectivity index (χ4v) is 3.64. The predicted molar refractivity (Wildman–Crippen MR) is 109 cm³/mol. The average molecular weight is 423 g/mol. The van der Waals surface area contributed by atoms with Crippen molar-refractivity contribution < 1.29 is 27.4 Å². The minimum atomic E-state index is -3.67. The van der Waals surface area contributed by atoms with Crippen molar-refractivity contribution in [2.75, 3.05) is 27.8 Å². The summed E-state index contributed by atoms with van der Waals surface area (Å²) in [7, 11) is 0.959. The minimum absolute atomic E-state index is 0.116. The van der Waals surface area contributed by atoms with E-state index in [-0.39, 0.29) is 17.3 Å². The van der Waals surface area contributed by atoms with Gasteiger partial charge in [0.15, 0.2) is 17.6 Å². The molecule has 8 nitrogen and oxygen atoms in total. The number of sulfonamides is 1. The Balaban J connectivity index is 1.96. The van der Waals surface area contributed by atoms with Crippen LogP contribution < -0.4 is 24.2 Å².